The third-order valence-corrected chi connectivity index (χ3v) is 1.77. The highest BCUT2D eigenvalue weighted by atomic mass is 16.5. The molecular weight excluding hydrogens is 180 g/mol. The number of methoxy groups -OCH3 is 1. The second-order valence-corrected chi connectivity index (χ2v) is 2.65. The van der Waals surface area contributed by atoms with Gasteiger partial charge in [0.2, 0.25) is 11.7 Å². The zero-order chi connectivity index (χ0) is 12.5. The number of hydrogen-bond acceptors (Lipinski definition) is 4. The predicted molar refractivity (Wildman–Crippen MR) is 51.0 cm³/mol. The smallest absolute Gasteiger partial charge is 0.223 e. The van der Waals surface area contributed by atoms with Crippen molar-refractivity contribution in [3.05, 3.63) is 30.2 Å². The Balaban J connectivity index is 2.30. The van der Waals surface area contributed by atoms with Gasteiger partial charge in [-0.25, -0.2) is 0 Å². The second-order valence-electron chi connectivity index (χ2n) is 2.65. The van der Waals surface area contributed by atoms with Crippen LogP contribution in [0.3, 0.4) is 0 Å². The van der Waals surface area contributed by atoms with Crippen molar-refractivity contribution in [1.29, 1.82) is 0 Å². The number of aromatic nitrogens is 2. The number of ether oxygens (including phenoxy) is 1. The summed E-state index contributed by atoms with van der Waals surface area (Å²) in [7, 11) is 1.57. The molecule has 14 heavy (non-hydrogen) atoms. The van der Waals surface area contributed by atoms with Gasteiger partial charge in [-0.05, 0) is 24.3 Å². The van der Waals surface area contributed by atoms with Crippen LogP contribution in [0.2, 0.25) is 0 Å². The van der Waals surface area contributed by atoms with Crippen molar-refractivity contribution >= 4 is 0 Å². The minimum atomic E-state index is -2.38. The Morgan fingerprint density at radius 1 is 1.36 bits per heavy atom. The van der Waals surface area contributed by atoms with Crippen LogP contribution in [0, 0.1) is 6.85 Å². The molecule has 0 spiro atoms. The van der Waals surface area contributed by atoms with Crippen molar-refractivity contribution in [2.75, 3.05) is 7.11 Å². The van der Waals surface area contributed by atoms with E-state index in [-0.39, 0.29) is 11.7 Å². The Morgan fingerprint density at radius 3 is 2.71 bits per heavy atom. The predicted octanol–water partition coefficient (Wildman–Crippen LogP) is 2.05. The van der Waals surface area contributed by atoms with Gasteiger partial charge in [0.1, 0.15) is 5.75 Å². The lowest BCUT2D eigenvalue weighted by Gasteiger charge is -1.98. The first-order valence-electron chi connectivity index (χ1n) is 5.49. The maximum Gasteiger partial charge on any atom is 0.223 e. The van der Waals surface area contributed by atoms with Crippen molar-refractivity contribution in [2.24, 2.45) is 0 Å². The Morgan fingerprint density at radius 2 is 2.14 bits per heavy atom. The third kappa shape index (κ3) is 1.59. The average Bonchev–Trinajstić information content (AvgIpc) is 2.78. The minimum absolute atomic E-state index is 0.249. The van der Waals surface area contributed by atoms with Crippen LogP contribution in [0.4, 0.5) is 0 Å². The maximum absolute atomic E-state index is 7.13. The van der Waals surface area contributed by atoms with E-state index in [1.165, 1.54) is 0 Å². The molecule has 0 saturated carbocycles. The van der Waals surface area contributed by atoms with Crippen LogP contribution in [-0.4, -0.2) is 17.3 Å². The average molecular weight is 193 g/mol. The highest BCUT2D eigenvalue weighted by Gasteiger charge is 2.04. The normalized spacial score (nSPS) is 14.2. The topological polar surface area (TPSA) is 48.2 Å². The third-order valence-electron chi connectivity index (χ3n) is 1.77. The summed E-state index contributed by atoms with van der Waals surface area (Å²) in [6.07, 6.45) is 0. The lowest BCUT2D eigenvalue weighted by molar-refractivity contribution is 0.394. The van der Waals surface area contributed by atoms with Gasteiger partial charge in [0.15, 0.2) is 0 Å². The number of aryl methyl sites for hydroxylation is 1. The van der Waals surface area contributed by atoms with Crippen molar-refractivity contribution in [3.63, 3.8) is 0 Å². The Labute approximate surface area is 85.7 Å². The molecule has 2 rings (SSSR count). The molecule has 1 aromatic heterocycles. The van der Waals surface area contributed by atoms with Gasteiger partial charge in [-0.3, -0.25) is 0 Å². The van der Waals surface area contributed by atoms with Crippen LogP contribution >= 0.6 is 0 Å². The van der Waals surface area contributed by atoms with E-state index in [1.807, 2.05) is 0 Å². The molecule has 0 aliphatic heterocycles. The highest BCUT2D eigenvalue weighted by Crippen LogP contribution is 2.19. The van der Waals surface area contributed by atoms with E-state index in [9.17, 15) is 0 Å². The van der Waals surface area contributed by atoms with Crippen LogP contribution < -0.4 is 4.74 Å². The van der Waals surface area contributed by atoms with E-state index in [2.05, 4.69) is 14.7 Å². The molecule has 0 radical (unpaired) electrons. The Hall–Kier alpha value is -1.84. The van der Waals surface area contributed by atoms with Crippen LogP contribution in [0.1, 0.15) is 10.0 Å². The molecule has 4 heteroatoms. The number of nitrogens with zero attached hydrogens (tertiary/aromatic N) is 2. The van der Waals surface area contributed by atoms with Crippen molar-refractivity contribution < 1.29 is 13.4 Å². The Kier molecular flexibility index (Phi) is 1.45. The lowest BCUT2D eigenvalue weighted by Crippen LogP contribution is -1.83. The molecule has 0 N–H and O–H groups in total. The van der Waals surface area contributed by atoms with Gasteiger partial charge in [0, 0.05) is 16.5 Å². The first-order chi connectivity index (χ1) is 8.00. The quantitative estimate of drug-likeness (QED) is 0.732. The highest BCUT2D eigenvalue weighted by molar-refractivity contribution is 5.55. The van der Waals surface area contributed by atoms with E-state index in [4.69, 9.17) is 8.85 Å². The second kappa shape index (κ2) is 3.49. The molecule has 0 fully saturated rings. The molecule has 0 unspecified atom stereocenters. The number of benzene rings is 1. The van der Waals surface area contributed by atoms with E-state index < -0.39 is 6.85 Å². The molecule has 0 amide bonds. The van der Waals surface area contributed by atoms with Gasteiger partial charge in [-0.15, -0.1) is 0 Å². The van der Waals surface area contributed by atoms with E-state index in [0.717, 1.165) is 0 Å². The molecule has 0 bridgehead atoms. The van der Waals surface area contributed by atoms with Crippen LogP contribution in [-0.2, 0) is 0 Å². The summed E-state index contributed by atoms with van der Waals surface area (Å²) in [4.78, 5) is 3.83. The van der Waals surface area contributed by atoms with Gasteiger partial charge < -0.3 is 9.26 Å². The van der Waals surface area contributed by atoms with Crippen LogP contribution in [0.25, 0.3) is 11.4 Å². The zero-order valence-corrected chi connectivity index (χ0v) is 7.52. The van der Waals surface area contributed by atoms with Gasteiger partial charge in [-0.1, -0.05) is 5.16 Å². The van der Waals surface area contributed by atoms with Crippen molar-refractivity contribution in [1.82, 2.24) is 10.1 Å². The van der Waals surface area contributed by atoms with Crippen molar-refractivity contribution in [2.45, 2.75) is 6.85 Å². The molecule has 0 saturated heterocycles. The molecule has 1 heterocycles. The molecule has 0 atom stereocenters. The summed E-state index contributed by atoms with van der Waals surface area (Å²) in [5.41, 5.74) is 0.671. The standard InChI is InChI=1S/C10H10N2O2/c1-7-11-10(12-14-7)8-3-5-9(13-2)6-4-8/h3-6H,1-2H3/i1D3. The van der Waals surface area contributed by atoms with E-state index >= 15 is 0 Å². The first-order valence-corrected chi connectivity index (χ1v) is 3.99. The maximum atomic E-state index is 7.13. The first kappa shape index (κ1) is 5.80. The van der Waals surface area contributed by atoms with Gasteiger partial charge >= 0.3 is 0 Å². The zero-order valence-electron chi connectivity index (χ0n) is 10.5. The van der Waals surface area contributed by atoms with Crippen LogP contribution in [0.5, 0.6) is 5.75 Å². The molecule has 0 aliphatic rings. The van der Waals surface area contributed by atoms with Crippen molar-refractivity contribution in [3.8, 4) is 17.1 Å². The van der Waals surface area contributed by atoms with E-state index in [1.54, 1.807) is 31.4 Å². The summed E-state index contributed by atoms with van der Waals surface area (Å²) in [6, 6.07) is 6.93. The van der Waals surface area contributed by atoms with Gasteiger partial charge in [0.25, 0.3) is 0 Å². The summed E-state index contributed by atoms with van der Waals surface area (Å²) in [5.74, 6) is 0.593. The summed E-state index contributed by atoms with van der Waals surface area (Å²) in [6.45, 7) is -2.38. The van der Waals surface area contributed by atoms with Gasteiger partial charge in [-0.2, -0.15) is 4.98 Å². The van der Waals surface area contributed by atoms with Crippen LogP contribution in [0.15, 0.2) is 28.8 Å². The summed E-state index contributed by atoms with van der Waals surface area (Å²) >= 11 is 0. The number of hydrogen-bond donors (Lipinski definition) is 0. The monoisotopic (exact) mass is 193 g/mol. The molecule has 0 aliphatic carbocycles. The molecule has 72 valence electrons. The van der Waals surface area contributed by atoms with E-state index in [0.29, 0.717) is 11.3 Å². The minimum Gasteiger partial charge on any atom is -0.497 e. The largest absolute Gasteiger partial charge is 0.497 e. The number of rotatable bonds is 2. The summed E-state index contributed by atoms with van der Waals surface area (Å²) in [5, 5.41) is 3.62. The molecule has 4 nitrogen and oxygen atoms in total. The fraction of sp³-hybridized carbons (Fsp3) is 0.200. The summed E-state index contributed by atoms with van der Waals surface area (Å²) < 4.78 is 31.1. The van der Waals surface area contributed by atoms with Gasteiger partial charge in [0.05, 0.1) is 7.11 Å². The molecule has 1 aromatic carbocycles. The fourth-order valence-corrected chi connectivity index (χ4v) is 1.08. The SMILES string of the molecule is [2H]C([2H])([2H])c1nc(-c2ccc(OC)cc2)no1. The fourth-order valence-electron chi connectivity index (χ4n) is 1.08. The Bertz CT molecular complexity index is 505. The molecule has 2 aromatic rings. The molecular formula is C10H10N2O2. The lowest BCUT2D eigenvalue weighted by atomic mass is 10.2.